The molecule has 2 saturated heterocycles. The van der Waals surface area contributed by atoms with Gasteiger partial charge in [0.05, 0.1) is 25.0 Å². The van der Waals surface area contributed by atoms with Crippen LogP contribution in [0.5, 0.6) is 11.5 Å². The fourth-order valence-corrected chi connectivity index (χ4v) is 9.80. The smallest absolute Gasteiger partial charge is 0.136 e. The second kappa shape index (κ2) is 21.2. The molecule has 2 aliphatic heterocycles. The Morgan fingerprint density at radius 3 is 2.42 bits per heavy atom. The molecule has 0 amide bonds. The van der Waals surface area contributed by atoms with Crippen molar-refractivity contribution in [3.05, 3.63) is 136 Å². The van der Waals surface area contributed by atoms with Crippen LogP contribution in [0, 0.1) is 11.7 Å². The number of hydrogen-bond donors (Lipinski definition) is 2. The van der Waals surface area contributed by atoms with E-state index in [0.29, 0.717) is 42.6 Å². The Kier molecular flexibility index (Phi) is 15.8. The monoisotopic (exact) mass is 883 g/mol. The van der Waals surface area contributed by atoms with Crippen LogP contribution in [0.3, 0.4) is 0 Å². The number of aliphatic hydroxyl groups is 1. The summed E-state index contributed by atoms with van der Waals surface area (Å²) in [6.45, 7) is 8.29. The minimum atomic E-state index is -0.395. The summed E-state index contributed by atoms with van der Waals surface area (Å²) in [5, 5.41) is 15.5. The van der Waals surface area contributed by atoms with Crippen LogP contribution >= 0.6 is 23.2 Å². The number of nitrogens with zero attached hydrogens (tertiary/aromatic N) is 6. The average molecular weight is 885 g/mol. The summed E-state index contributed by atoms with van der Waals surface area (Å²) >= 11 is 12.8. The number of imidazole rings is 1. The van der Waals surface area contributed by atoms with Gasteiger partial charge in [-0.25, -0.2) is 9.37 Å². The van der Waals surface area contributed by atoms with E-state index < -0.39 is 5.82 Å². The first-order valence-corrected chi connectivity index (χ1v) is 22.9. The third-order valence-corrected chi connectivity index (χ3v) is 13.5. The van der Waals surface area contributed by atoms with E-state index in [-0.39, 0.29) is 29.3 Å². The highest BCUT2D eigenvalue weighted by Gasteiger charge is 2.40. The first-order valence-electron chi connectivity index (χ1n) is 22.1. The minimum Gasteiger partial charge on any atom is -0.457 e. The molecule has 9 nitrogen and oxygen atoms in total. The predicted octanol–water partition coefficient (Wildman–Crippen LogP) is 8.80. The predicted molar refractivity (Wildman–Crippen MR) is 251 cm³/mol. The molecule has 332 valence electrons. The van der Waals surface area contributed by atoms with Gasteiger partial charge in [-0.1, -0.05) is 65.7 Å². The number of fused-ring (bicyclic) bond motifs is 2. The van der Waals surface area contributed by atoms with Crippen molar-refractivity contribution in [1.29, 1.82) is 0 Å². The zero-order valence-electron chi connectivity index (χ0n) is 37.0. The zero-order valence-corrected chi connectivity index (χ0v) is 38.6. The van der Waals surface area contributed by atoms with Crippen LogP contribution in [0.1, 0.15) is 48.7 Å². The molecule has 1 aromatic heterocycles. The van der Waals surface area contributed by atoms with E-state index in [1.54, 1.807) is 6.07 Å². The molecule has 4 aromatic carbocycles. The Morgan fingerprint density at radius 1 is 0.935 bits per heavy atom. The molecule has 7 rings (SSSR count). The lowest BCUT2D eigenvalue weighted by atomic mass is 9.80. The molecule has 2 bridgehead atoms. The van der Waals surface area contributed by atoms with Crippen molar-refractivity contribution < 1.29 is 14.2 Å². The second-order valence-electron chi connectivity index (χ2n) is 18.0. The van der Waals surface area contributed by atoms with Gasteiger partial charge < -0.3 is 29.5 Å². The van der Waals surface area contributed by atoms with E-state index in [4.69, 9.17) is 27.9 Å². The van der Waals surface area contributed by atoms with Crippen LogP contribution in [0.25, 0.3) is 11.3 Å². The fourth-order valence-electron chi connectivity index (χ4n) is 9.48. The lowest BCUT2D eigenvalue weighted by Gasteiger charge is -2.50. The highest BCUT2D eigenvalue weighted by molar-refractivity contribution is 6.31. The number of likely N-dealkylation sites (N-methyl/N-ethyl adjacent to an activating group) is 1. The van der Waals surface area contributed by atoms with Crippen LogP contribution in [0.15, 0.2) is 97.2 Å². The number of halogens is 3. The number of piperidine rings is 1. The van der Waals surface area contributed by atoms with Crippen molar-refractivity contribution in [2.45, 2.75) is 69.7 Å². The lowest BCUT2D eigenvalue weighted by molar-refractivity contribution is 0.00877. The van der Waals surface area contributed by atoms with E-state index in [1.165, 1.54) is 17.2 Å². The van der Waals surface area contributed by atoms with Crippen molar-refractivity contribution >= 4 is 23.2 Å². The van der Waals surface area contributed by atoms with Gasteiger partial charge in [0.1, 0.15) is 23.1 Å². The molecule has 0 saturated carbocycles. The molecule has 5 aromatic rings. The van der Waals surface area contributed by atoms with Gasteiger partial charge in [-0.2, -0.15) is 0 Å². The average Bonchev–Trinajstić information content (AvgIpc) is 3.61. The first-order chi connectivity index (χ1) is 29.9. The first kappa shape index (κ1) is 46.2. The molecular weight excluding hydrogens is 821 g/mol. The summed E-state index contributed by atoms with van der Waals surface area (Å²) in [5.74, 6) is 1.94. The maximum absolute atomic E-state index is 16.3. The number of ether oxygens (including phenoxy) is 1. The minimum absolute atomic E-state index is 0.0102. The van der Waals surface area contributed by atoms with Crippen molar-refractivity contribution in [2.24, 2.45) is 13.0 Å². The van der Waals surface area contributed by atoms with Gasteiger partial charge in [0.2, 0.25) is 0 Å². The van der Waals surface area contributed by atoms with E-state index in [2.05, 4.69) is 90.9 Å². The van der Waals surface area contributed by atoms with Gasteiger partial charge >= 0.3 is 0 Å². The Balaban J connectivity index is 1.15. The molecule has 0 aliphatic carbocycles. The maximum Gasteiger partial charge on any atom is 0.136 e. The second-order valence-corrected chi connectivity index (χ2v) is 18.9. The van der Waals surface area contributed by atoms with Gasteiger partial charge in [-0.05, 0) is 139 Å². The lowest BCUT2D eigenvalue weighted by Crippen LogP contribution is -2.62. The van der Waals surface area contributed by atoms with Crippen LogP contribution in [0.2, 0.25) is 10.0 Å². The molecular formula is C50H64Cl2FN7O2. The zero-order chi connectivity index (χ0) is 43.8. The highest BCUT2D eigenvalue weighted by Crippen LogP contribution is 2.35. The van der Waals surface area contributed by atoms with Gasteiger partial charge in [0.25, 0.3) is 0 Å². The SMILES string of the molecule is C[C@H]1CN[C@H](CO)CN(C)[C@@]2(Cc3ccc(Cl)cc3)CCCN(C[C@H](Cc3ccccc3)CCN1Cc1c(F)cc(Cl)cc1Oc1ccc(-c3cnc(CN(C)C)n3C)cc1)C2. The Bertz CT molecular complexity index is 2190. The largest absolute Gasteiger partial charge is 0.457 e. The molecule has 0 spiro atoms. The molecule has 2 aliphatic rings. The van der Waals surface area contributed by atoms with Gasteiger partial charge in [0.15, 0.2) is 0 Å². The van der Waals surface area contributed by atoms with Crippen LogP contribution in [-0.4, -0.2) is 119 Å². The summed E-state index contributed by atoms with van der Waals surface area (Å²) in [6, 6.07) is 29.9. The van der Waals surface area contributed by atoms with E-state index in [9.17, 15) is 5.11 Å². The summed E-state index contributed by atoms with van der Waals surface area (Å²) in [6.07, 6.45) is 6.86. The molecule has 62 heavy (non-hydrogen) atoms. The standard InChI is InChI=1S/C50H64Cl2FN7O2/c1-36-28-54-43(34-61)31-57(4)50(27-38-12-16-41(51)17-13-38)21-9-22-59(35-50)30-39(24-37-10-7-6-8-11-37)20-23-60(36)32-45-46(53)25-42(52)26-48(45)62-44-18-14-40(15-19-44)47-29-55-49(58(47)5)33-56(2)3/h6-8,10-19,25-26,29,36,39,43,54,61H,9,20-24,27-28,30-35H2,1-5H3/t36-,39-,43-,50+/m0/s1. The van der Waals surface area contributed by atoms with Crippen LogP contribution in [-0.2, 0) is 33.0 Å². The summed E-state index contributed by atoms with van der Waals surface area (Å²) in [5.41, 5.74) is 4.98. The molecule has 1 unspecified atom stereocenters. The number of rotatable bonds is 12. The normalized spacial score (nSPS) is 23.3. The highest BCUT2D eigenvalue weighted by atomic mass is 35.5. The maximum atomic E-state index is 16.3. The number of nitrogens with one attached hydrogen (secondary N) is 1. The third-order valence-electron chi connectivity index (χ3n) is 13.0. The molecule has 0 radical (unpaired) electrons. The van der Waals surface area contributed by atoms with Crippen molar-refractivity contribution in [3.8, 4) is 22.8 Å². The van der Waals surface area contributed by atoms with Gasteiger partial charge in [0, 0.05) is 78.6 Å². The van der Waals surface area contributed by atoms with Crippen LogP contribution < -0.4 is 10.1 Å². The molecule has 2 fully saturated rings. The Morgan fingerprint density at radius 2 is 1.69 bits per heavy atom. The fraction of sp³-hybridized carbons (Fsp3) is 0.460. The summed E-state index contributed by atoms with van der Waals surface area (Å²) in [7, 11) is 8.31. The topological polar surface area (TPSA) is 72.3 Å². The van der Waals surface area contributed by atoms with E-state index >= 15 is 4.39 Å². The molecule has 2 N–H and O–H groups in total. The van der Waals surface area contributed by atoms with Crippen LogP contribution in [0.4, 0.5) is 4.39 Å². The van der Waals surface area contributed by atoms with Crippen molar-refractivity contribution in [3.63, 3.8) is 0 Å². The number of aliphatic hydroxyl groups excluding tert-OH is 1. The number of benzene rings is 4. The van der Waals surface area contributed by atoms with Crippen molar-refractivity contribution in [1.82, 2.24) is 34.5 Å². The quantitative estimate of drug-likeness (QED) is 0.129. The summed E-state index contributed by atoms with van der Waals surface area (Å²) < 4.78 is 24.9. The van der Waals surface area contributed by atoms with E-state index in [0.717, 1.165) is 86.9 Å². The summed E-state index contributed by atoms with van der Waals surface area (Å²) in [4.78, 5) is 14.3. The molecule has 5 atom stereocenters. The Labute approximate surface area is 378 Å². The molecule has 12 heteroatoms. The number of hydrogen-bond acceptors (Lipinski definition) is 8. The van der Waals surface area contributed by atoms with E-state index in [1.807, 2.05) is 63.7 Å². The van der Waals surface area contributed by atoms with Gasteiger partial charge in [-0.3, -0.25) is 9.80 Å². The van der Waals surface area contributed by atoms with Gasteiger partial charge in [-0.15, -0.1) is 0 Å². The Hall–Kier alpha value is -3.84. The third kappa shape index (κ3) is 11.8. The van der Waals surface area contributed by atoms with Crippen molar-refractivity contribution in [2.75, 3.05) is 67.0 Å². The molecule has 3 heterocycles. The number of aromatic nitrogens is 2.